The van der Waals surface area contributed by atoms with Gasteiger partial charge in [-0.25, -0.2) is 0 Å². The summed E-state index contributed by atoms with van der Waals surface area (Å²) in [5, 5.41) is 9.27. The lowest BCUT2D eigenvalue weighted by Gasteiger charge is -2.11. The second kappa shape index (κ2) is 25.1. The predicted molar refractivity (Wildman–Crippen MR) is 139 cm³/mol. The van der Waals surface area contributed by atoms with E-state index < -0.39 is 17.9 Å². The molecule has 0 amide bonds. The second-order valence-corrected chi connectivity index (χ2v) is 9.35. The van der Waals surface area contributed by atoms with E-state index >= 15 is 0 Å². The fourth-order valence-electron chi connectivity index (χ4n) is 4.07. The van der Waals surface area contributed by atoms with Gasteiger partial charge in [0.25, 0.3) is 0 Å². The van der Waals surface area contributed by atoms with Crippen LogP contribution in [0.15, 0.2) is 24.8 Å². The van der Waals surface area contributed by atoms with E-state index in [9.17, 15) is 14.7 Å². The molecule has 1 N–H and O–H groups in total. The number of allylic oxidation sites excluding steroid dienone is 2. The van der Waals surface area contributed by atoms with E-state index in [2.05, 4.69) is 25.7 Å². The molecule has 0 saturated heterocycles. The first-order valence-electron chi connectivity index (χ1n) is 13.8. The minimum Gasteiger partial charge on any atom is -0.481 e. The molecule has 0 aromatic carbocycles. The van der Waals surface area contributed by atoms with Gasteiger partial charge in [-0.1, -0.05) is 122 Å². The Balaban J connectivity index is 3.42. The number of unbranched alkanes of at least 4 members (excludes halogenated alkanes) is 16. The molecule has 0 fully saturated rings. The number of carboxylic acid groups (broad SMARTS) is 1. The van der Waals surface area contributed by atoms with Gasteiger partial charge in [-0.2, -0.15) is 0 Å². The van der Waals surface area contributed by atoms with Crippen molar-refractivity contribution in [1.82, 2.24) is 0 Å². The molecule has 33 heavy (non-hydrogen) atoms. The maximum absolute atomic E-state index is 11.6. The molecule has 0 spiro atoms. The van der Waals surface area contributed by atoms with Crippen molar-refractivity contribution >= 4 is 11.9 Å². The summed E-state index contributed by atoms with van der Waals surface area (Å²) >= 11 is 0. The highest BCUT2D eigenvalue weighted by atomic mass is 16.5. The lowest BCUT2D eigenvalue weighted by molar-refractivity contribution is -0.151. The maximum Gasteiger partial charge on any atom is 0.307 e. The van der Waals surface area contributed by atoms with Gasteiger partial charge in [0.15, 0.2) is 0 Å². The van der Waals surface area contributed by atoms with Gasteiger partial charge in [0.05, 0.1) is 12.3 Å². The molecule has 192 valence electrons. The number of carbonyl (C=O) groups excluding carboxylic acids is 1. The van der Waals surface area contributed by atoms with E-state index in [4.69, 9.17) is 4.74 Å². The summed E-state index contributed by atoms with van der Waals surface area (Å²) in [7, 11) is 0. The van der Waals surface area contributed by atoms with Gasteiger partial charge >= 0.3 is 11.9 Å². The van der Waals surface area contributed by atoms with Crippen LogP contribution in [-0.4, -0.2) is 23.7 Å². The molecule has 0 saturated carbocycles. The Bertz CT molecular complexity index is 498. The van der Waals surface area contributed by atoms with Gasteiger partial charge in [-0.05, 0) is 32.1 Å². The van der Waals surface area contributed by atoms with Crippen LogP contribution < -0.4 is 0 Å². The number of aliphatic carboxylic acids is 1. The first kappa shape index (κ1) is 31.4. The van der Waals surface area contributed by atoms with E-state index in [0.717, 1.165) is 19.3 Å². The molecule has 0 aromatic rings. The van der Waals surface area contributed by atoms with Crippen LogP contribution in [-0.2, 0) is 14.3 Å². The zero-order valence-corrected chi connectivity index (χ0v) is 21.5. The quantitative estimate of drug-likeness (QED) is 0.0832. The van der Waals surface area contributed by atoms with E-state index in [-0.39, 0.29) is 13.0 Å². The highest BCUT2D eigenvalue weighted by Gasteiger charge is 2.21. The van der Waals surface area contributed by atoms with Crippen molar-refractivity contribution < 1.29 is 19.4 Å². The van der Waals surface area contributed by atoms with E-state index in [1.807, 2.05) is 0 Å². The summed E-state index contributed by atoms with van der Waals surface area (Å²) in [5.41, 5.74) is 0. The number of esters is 1. The number of hydrogen-bond donors (Lipinski definition) is 1. The minimum absolute atomic E-state index is 0.0442. The zero-order valence-electron chi connectivity index (χ0n) is 21.5. The molecule has 4 nitrogen and oxygen atoms in total. The molecule has 4 heteroatoms. The Morgan fingerprint density at radius 3 is 1.67 bits per heavy atom. The standard InChI is InChI=1S/C29H52O4/c1-3-5-6-7-8-9-10-11-12-13-14-15-16-17-18-19-20-21-22-23-24-27(29(31)32)26-28(30)33-25-4-2/h4,12-13,27H,2-3,5-11,14-26H2,1H3,(H,31,32)/b13-12+. The van der Waals surface area contributed by atoms with Crippen LogP contribution in [0.5, 0.6) is 0 Å². The molecular weight excluding hydrogens is 412 g/mol. The normalized spacial score (nSPS) is 12.2. The lowest BCUT2D eigenvalue weighted by atomic mass is 9.97. The van der Waals surface area contributed by atoms with Gasteiger partial charge in [0, 0.05) is 0 Å². The summed E-state index contributed by atoms with van der Waals surface area (Å²) in [6.45, 7) is 5.89. The molecule has 1 atom stereocenters. The highest BCUT2D eigenvalue weighted by Crippen LogP contribution is 2.17. The van der Waals surface area contributed by atoms with Gasteiger partial charge in [0.2, 0.25) is 0 Å². The molecule has 0 aliphatic carbocycles. The van der Waals surface area contributed by atoms with Crippen molar-refractivity contribution in [2.75, 3.05) is 6.61 Å². The average molecular weight is 465 g/mol. The van der Waals surface area contributed by atoms with Crippen LogP contribution in [0.4, 0.5) is 0 Å². The van der Waals surface area contributed by atoms with Crippen molar-refractivity contribution in [3.05, 3.63) is 24.8 Å². The SMILES string of the molecule is C=CCOC(=O)CC(CCCCCCCCCCC/C=C/CCCCCCCCC)C(=O)O. The van der Waals surface area contributed by atoms with Gasteiger partial charge < -0.3 is 9.84 Å². The Morgan fingerprint density at radius 1 is 0.758 bits per heavy atom. The summed E-state index contributed by atoms with van der Waals surface area (Å²) in [5.74, 6) is -1.99. The summed E-state index contributed by atoms with van der Waals surface area (Å²) < 4.78 is 4.89. The molecular formula is C29H52O4. The molecule has 0 aliphatic heterocycles. The Hall–Kier alpha value is -1.58. The lowest BCUT2D eigenvalue weighted by Crippen LogP contribution is -2.19. The Labute approximate surface area is 204 Å². The van der Waals surface area contributed by atoms with Crippen LogP contribution in [0.3, 0.4) is 0 Å². The van der Waals surface area contributed by atoms with Crippen LogP contribution in [0.2, 0.25) is 0 Å². The maximum atomic E-state index is 11.6. The summed E-state index contributed by atoms with van der Waals surface area (Å²) in [4.78, 5) is 22.9. The molecule has 0 aromatic heterocycles. The Kier molecular flexibility index (Phi) is 23.9. The summed E-state index contributed by atoms with van der Waals surface area (Å²) in [6.07, 6.45) is 29.7. The predicted octanol–water partition coefficient (Wildman–Crippen LogP) is 8.79. The second-order valence-electron chi connectivity index (χ2n) is 9.35. The number of ether oxygens (including phenoxy) is 1. The topological polar surface area (TPSA) is 63.6 Å². The number of rotatable bonds is 25. The molecule has 1 unspecified atom stereocenters. The monoisotopic (exact) mass is 464 g/mol. The van der Waals surface area contributed by atoms with Gasteiger partial charge in [-0.3, -0.25) is 9.59 Å². The van der Waals surface area contributed by atoms with E-state index in [1.54, 1.807) is 0 Å². The van der Waals surface area contributed by atoms with E-state index in [1.165, 1.54) is 102 Å². The number of hydrogen-bond acceptors (Lipinski definition) is 3. The molecule has 0 radical (unpaired) electrons. The number of carbonyl (C=O) groups is 2. The molecule has 0 rings (SSSR count). The Morgan fingerprint density at radius 2 is 1.21 bits per heavy atom. The molecule has 0 bridgehead atoms. The number of carboxylic acids is 1. The van der Waals surface area contributed by atoms with Crippen LogP contribution in [0.25, 0.3) is 0 Å². The van der Waals surface area contributed by atoms with Crippen LogP contribution >= 0.6 is 0 Å². The first-order valence-corrected chi connectivity index (χ1v) is 13.8. The van der Waals surface area contributed by atoms with Crippen molar-refractivity contribution in [3.8, 4) is 0 Å². The van der Waals surface area contributed by atoms with Gasteiger partial charge in [0.1, 0.15) is 6.61 Å². The largest absolute Gasteiger partial charge is 0.481 e. The minimum atomic E-state index is -0.904. The van der Waals surface area contributed by atoms with Gasteiger partial charge in [-0.15, -0.1) is 0 Å². The third-order valence-corrected chi connectivity index (χ3v) is 6.19. The fourth-order valence-corrected chi connectivity index (χ4v) is 4.07. The fraction of sp³-hybridized carbons (Fsp3) is 0.793. The van der Waals surface area contributed by atoms with Crippen molar-refractivity contribution in [2.45, 2.75) is 135 Å². The van der Waals surface area contributed by atoms with Crippen molar-refractivity contribution in [1.29, 1.82) is 0 Å². The highest BCUT2D eigenvalue weighted by molar-refractivity contribution is 5.78. The smallest absolute Gasteiger partial charge is 0.307 e. The van der Waals surface area contributed by atoms with Crippen molar-refractivity contribution in [3.63, 3.8) is 0 Å². The third kappa shape index (κ3) is 23.4. The van der Waals surface area contributed by atoms with Crippen molar-refractivity contribution in [2.24, 2.45) is 5.92 Å². The summed E-state index contributed by atoms with van der Waals surface area (Å²) in [6, 6.07) is 0. The molecule has 0 heterocycles. The first-order chi connectivity index (χ1) is 16.1. The molecule has 0 aliphatic rings. The van der Waals surface area contributed by atoms with Crippen LogP contribution in [0.1, 0.15) is 135 Å². The average Bonchev–Trinajstić information content (AvgIpc) is 2.80. The zero-order chi connectivity index (χ0) is 24.4. The third-order valence-electron chi connectivity index (χ3n) is 6.19. The van der Waals surface area contributed by atoms with Crippen LogP contribution in [0, 0.1) is 5.92 Å². The van der Waals surface area contributed by atoms with E-state index in [0.29, 0.717) is 6.42 Å².